The number of fused-ring (bicyclic) bond motifs is 2. The summed E-state index contributed by atoms with van der Waals surface area (Å²) in [6.07, 6.45) is 5.82. The van der Waals surface area contributed by atoms with Gasteiger partial charge in [-0.3, -0.25) is 19.1 Å². The molecule has 1 unspecified atom stereocenters. The summed E-state index contributed by atoms with van der Waals surface area (Å²) in [7, 11) is 0.653. The first-order valence-corrected chi connectivity index (χ1v) is 22.0. The average molecular weight is 747 g/mol. The van der Waals surface area contributed by atoms with E-state index in [9.17, 15) is 14.7 Å². The number of carbonyl (C=O) groups is 3. The molecule has 3 aliphatic heterocycles. The van der Waals surface area contributed by atoms with E-state index in [4.69, 9.17) is 14.2 Å². The first-order valence-electron chi connectivity index (χ1n) is 18.9. The number of amides is 2. The van der Waals surface area contributed by atoms with Gasteiger partial charge in [-0.2, -0.15) is 0 Å². The molecule has 14 heteroatoms. The van der Waals surface area contributed by atoms with Crippen LogP contribution in [0.5, 0.6) is 5.75 Å². The van der Waals surface area contributed by atoms with Crippen molar-refractivity contribution in [3.63, 3.8) is 0 Å². The van der Waals surface area contributed by atoms with Crippen molar-refractivity contribution in [2.45, 2.75) is 88.8 Å². The monoisotopic (exact) mass is 746 g/mol. The van der Waals surface area contributed by atoms with Crippen LogP contribution >= 0.6 is 0 Å². The van der Waals surface area contributed by atoms with Crippen LogP contribution in [0.3, 0.4) is 0 Å². The van der Waals surface area contributed by atoms with Gasteiger partial charge in [-0.05, 0) is 74.5 Å². The first kappa shape index (κ1) is 38.6. The molecule has 13 nitrogen and oxygen atoms in total. The number of piperidine rings is 1. The fourth-order valence-electron chi connectivity index (χ4n) is 8.78. The van der Waals surface area contributed by atoms with Gasteiger partial charge in [0, 0.05) is 62.4 Å². The Morgan fingerprint density at radius 3 is 2.62 bits per heavy atom. The molecule has 53 heavy (non-hydrogen) atoms. The number of aliphatic hydroxyl groups is 1. The van der Waals surface area contributed by atoms with Crippen LogP contribution in [0.1, 0.15) is 56.7 Å². The summed E-state index contributed by atoms with van der Waals surface area (Å²) in [4.78, 5) is 42.2. The lowest BCUT2D eigenvalue weighted by Gasteiger charge is -2.37. The summed E-state index contributed by atoms with van der Waals surface area (Å²) >= 11 is 0. The van der Waals surface area contributed by atoms with Gasteiger partial charge in [-0.25, -0.2) is 0 Å². The van der Waals surface area contributed by atoms with Crippen LogP contribution in [-0.4, -0.2) is 92.5 Å². The number of nitrogens with one attached hydrogen (secondary N) is 2. The predicted octanol–water partition coefficient (Wildman–Crippen LogP) is 3.76. The Hall–Kier alpha value is -4.11. The van der Waals surface area contributed by atoms with Crippen LogP contribution in [-0.2, 0) is 42.4 Å². The molecule has 2 saturated heterocycles. The Balaban J connectivity index is 1.38. The second kappa shape index (κ2) is 16.5. The minimum absolute atomic E-state index is 0.00507. The summed E-state index contributed by atoms with van der Waals surface area (Å²) in [6, 6.07) is 14.0. The number of hydrogen-bond donors (Lipinski definition) is 3. The molecule has 3 aromatic rings. The zero-order chi connectivity index (χ0) is 37.8. The second-order valence-electron chi connectivity index (χ2n) is 15.1. The number of aryl methyl sites for hydroxylation is 1. The maximum absolute atomic E-state index is 15.1. The standard InChI is InChI=1S/C39H54N6O7Si/c1-26-36(53(4,5)31-14-12-30(50-2)13-15-31)34(17-21-44-25-29(18-22-46)42-43-44)52-39(26)32-23-28(41-37(48)27-9-8-19-40-24-27)11-16-33(32)45(38(39)49)20-7-6-10-35(47)51-3/h11-16,23,25-27,34,36,40,46H,6-10,17-22,24H2,1-5H3,(H,41,48)/t26-,27?,34+,36-,39+/m0/s1. The van der Waals surface area contributed by atoms with Crippen molar-refractivity contribution in [1.82, 2.24) is 20.3 Å². The van der Waals surface area contributed by atoms with E-state index in [1.165, 1.54) is 12.3 Å². The summed E-state index contributed by atoms with van der Waals surface area (Å²) in [5.74, 6) is 0.0116. The number of carbonyl (C=O) groups excluding carboxylic acids is 3. The van der Waals surface area contributed by atoms with Crippen LogP contribution in [0.25, 0.3) is 0 Å². The van der Waals surface area contributed by atoms with Gasteiger partial charge in [-0.15, -0.1) is 5.10 Å². The predicted molar refractivity (Wildman–Crippen MR) is 204 cm³/mol. The van der Waals surface area contributed by atoms with Gasteiger partial charge in [0.1, 0.15) is 5.75 Å². The van der Waals surface area contributed by atoms with Crippen LogP contribution in [0.4, 0.5) is 11.4 Å². The normalized spacial score (nSPS) is 24.0. The van der Waals surface area contributed by atoms with Crippen LogP contribution in [0, 0.1) is 11.8 Å². The molecule has 286 valence electrons. The molecule has 2 aromatic carbocycles. The van der Waals surface area contributed by atoms with E-state index in [0.717, 1.165) is 42.1 Å². The minimum atomic E-state index is -2.39. The molecule has 0 aliphatic carbocycles. The largest absolute Gasteiger partial charge is 0.497 e. The van der Waals surface area contributed by atoms with Crippen molar-refractivity contribution in [2.75, 3.05) is 50.7 Å². The SMILES string of the molecule is COC(=O)CCCCN1C(=O)[C@]2(O[C@H](CCn3cc(CCO)nn3)[C@@H]([Si](C)(C)c3ccc(OC)cc3)[C@@H]2C)c2cc(NC(=O)C3CCCNC3)ccc21. The number of esters is 1. The summed E-state index contributed by atoms with van der Waals surface area (Å²) < 4.78 is 19.4. The van der Waals surface area contributed by atoms with E-state index in [1.807, 2.05) is 41.4 Å². The molecule has 1 spiro atoms. The number of unbranched alkanes of at least 4 members (excludes halogenated alkanes) is 1. The minimum Gasteiger partial charge on any atom is -0.497 e. The zero-order valence-electron chi connectivity index (χ0n) is 31.6. The number of hydrogen-bond acceptors (Lipinski definition) is 10. The molecule has 2 fully saturated rings. The van der Waals surface area contributed by atoms with Crippen molar-refractivity contribution in [3.8, 4) is 5.75 Å². The number of rotatable bonds is 15. The molecule has 0 bridgehead atoms. The van der Waals surface area contributed by atoms with E-state index < -0.39 is 13.7 Å². The maximum Gasteiger partial charge on any atom is 0.305 e. The van der Waals surface area contributed by atoms with E-state index in [1.54, 1.807) is 11.8 Å². The van der Waals surface area contributed by atoms with E-state index >= 15 is 4.79 Å². The average Bonchev–Trinajstić information content (AvgIpc) is 3.82. The number of anilines is 2. The van der Waals surface area contributed by atoms with Gasteiger partial charge in [0.2, 0.25) is 5.91 Å². The number of methoxy groups -OCH3 is 2. The molecule has 6 rings (SSSR count). The molecule has 0 radical (unpaired) electrons. The third-order valence-corrected chi connectivity index (χ3v) is 16.0. The van der Waals surface area contributed by atoms with Crippen molar-refractivity contribution in [1.29, 1.82) is 0 Å². The van der Waals surface area contributed by atoms with E-state index in [2.05, 4.69) is 53.1 Å². The highest BCUT2D eigenvalue weighted by Gasteiger charge is 2.66. The lowest BCUT2D eigenvalue weighted by molar-refractivity contribution is -0.146. The zero-order valence-corrected chi connectivity index (χ0v) is 32.6. The molecular formula is C39H54N6O7Si. The number of aromatic nitrogens is 3. The number of aliphatic hydroxyl groups excluding tert-OH is 1. The van der Waals surface area contributed by atoms with Gasteiger partial charge >= 0.3 is 5.97 Å². The number of nitrogens with zero attached hydrogens (tertiary/aromatic N) is 4. The highest BCUT2D eigenvalue weighted by molar-refractivity contribution is 6.91. The van der Waals surface area contributed by atoms with Gasteiger partial charge in [0.25, 0.3) is 5.91 Å². The molecule has 5 atom stereocenters. The summed E-state index contributed by atoms with van der Waals surface area (Å²) in [5.41, 5.74) is 1.61. The van der Waals surface area contributed by atoms with Crippen molar-refractivity contribution in [2.24, 2.45) is 11.8 Å². The van der Waals surface area contributed by atoms with Gasteiger partial charge in [0.15, 0.2) is 5.60 Å². The molecular weight excluding hydrogens is 693 g/mol. The molecule has 3 aliphatic rings. The smallest absolute Gasteiger partial charge is 0.305 e. The van der Waals surface area contributed by atoms with Crippen LogP contribution in [0.2, 0.25) is 18.6 Å². The molecule has 4 heterocycles. The maximum atomic E-state index is 15.1. The van der Waals surface area contributed by atoms with E-state index in [0.29, 0.717) is 51.0 Å². The van der Waals surface area contributed by atoms with Crippen molar-refractivity contribution >= 4 is 42.4 Å². The Labute approximate surface area is 312 Å². The lowest BCUT2D eigenvalue weighted by Crippen LogP contribution is -2.52. The topological polar surface area (TPSA) is 157 Å². The fraction of sp³-hybridized carbons (Fsp3) is 0.564. The number of benzene rings is 2. The van der Waals surface area contributed by atoms with Gasteiger partial charge in [-0.1, -0.05) is 42.6 Å². The molecule has 2 amide bonds. The summed E-state index contributed by atoms with van der Waals surface area (Å²) in [6.45, 7) is 9.34. The lowest BCUT2D eigenvalue weighted by atomic mass is 9.82. The van der Waals surface area contributed by atoms with Crippen LogP contribution < -0.4 is 25.5 Å². The third-order valence-electron chi connectivity index (χ3n) is 11.6. The summed E-state index contributed by atoms with van der Waals surface area (Å²) in [5, 5.41) is 25.7. The molecule has 3 N–H and O–H groups in total. The van der Waals surface area contributed by atoms with Crippen LogP contribution in [0.15, 0.2) is 48.7 Å². The van der Waals surface area contributed by atoms with Gasteiger partial charge in [0.05, 0.1) is 45.7 Å². The highest BCUT2D eigenvalue weighted by Crippen LogP contribution is 2.60. The van der Waals surface area contributed by atoms with Crippen molar-refractivity contribution in [3.05, 3.63) is 59.9 Å². The van der Waals surface area contributed by atoms with Crippen molar-refractivity contribution < 1.29 is 33.7 Å². The Kier molecular flexibility index (Phi) is 12.0. The fourth-order valence-corrected chi connectivity index (χ4v) is 12.8. The second-order valence-corrected chi connectivity index (χ2v) is 19.8. The molecule has 1 aromatic heterocycles. The highest BCUT2D eigenvalue weighted by atomic mass is 28.3. The molecule has 0 saturated carbocycles. The van der Waals surface area contributed by atoms with E-state index in [-0.39, 0.29) is 54.3 Å². The Morgan fingerprint density at radius 1 is 1.13 bits per heavy atom. The number of ether oxygens (including phenoxy) is 3. The Bertz CT molecular complexity index is 1760. The third kappa shape index (κ3) is 7.77. The quantitative estimate of drug-likeness (QED) is 0.119. The Morgan fingerprint density at radius 2 is 1.92 bits per heavy atom. The first-order chi connectivity index (χ1) is 25.5. The van der Waals surface area contributed by atoms with Gasteiger partial charge < -0.3 is 34.9 Å².